The van der Waals surface area contributed by atoms with Crippen LogP contribution in [0.2, 0.25) is 0 Å². The van der Waals surface area contributed by atoms with Gasteiger partial charge in [0.1, 0.15) is 5.70 Å². The molecule has 0 aromatic rings. The summed E-state index contributed by atoms with van der Waals surface area (Å²) in [6, 6.07) is 0. The summed E-state index contributed by atoms with van der Waals surface area (Å²) in [4.78, 5) is 20.5. The Bertz CT molecular complexity index is 451. The third-order valence-electron chi connectivity index (χ3n) is 2.80. The van der Waals surface area contributed by atoms with E-state index in [0.29, 0.717) is 12.1 Å². The monoisotopic (exact) mass is 260 g/mol. The van der Waals surface area contributed by atoms with Crippen LogP contribution in [0.3, 0.4) is 0 Å². The molecular weight excluding hydrogens is 236 g/mol. The Morgan fingerprint density at radius 2 is 1.95 bits per heavy atom. The van der Waals surface area contributed by atoms with Gasteiger partial charge < -0.3 is 0 Å². The van der Waals surface area contributed by atoms with Crippen LogP contribution < -0.4 is 0 Å². The number of carbonyl (C=O) groups excluding carboxylic acids is 1. The van der Waals surface area contributed by atoms with Gasteiger partial charge in [0, 0.05) is 31.0 Å². The average molecular weight is 260 g/mol. The third kappa shape index (κ3) is 5.60. The number of ketones is 1. The number of nitrogens with zero attached hydrogens (tertiary/aromatic N) is 2. The van der Waals surface area contributed by atoms with Crippen molar-refractivity contribution in [1.82, 2.24) is 0 Å². The second-order valence-electron chi connectivity index (χ2n) is 4.23. The van der Waals surface area contributed by atoms with Gasteiger partial charge in [-0.15, -0.1) is 6.58 Å². The molecule has 0 aliphatic carbocycles. The van der Waals surface area contributed by atoms with Gasteiger partial charge in [0.2, 0.25) is 0 Å². The first-order chi connectivity index (χ1) is 9.01. The number of carbonyl (C=O) groups is 1. The second kappa shape index (κ2) is 9.20. The van der Waals surface area contributed by atoms with Crippen molar-refractivity contribution in [3.63, 3.8) is 0 Å². The van der Waals surface area contributed by atoms with Crippen LogP contribution in [0.25, 0.3) is 0 Å². The van der Waals surface area contributed by atoms with E-state index in [-0.39, 0.29) is 5.78 Å². The molecule has 0 unspecified atom stereocenters. The third-order valence-corrected chi connectivity index (χ3v) is 2.80. The second-order valence-corrected chi connectivity index (χ2v) is 4.23. The van der Waals surface area contributed by atoms with E-state index in [1.807, 2.05) is 33.8 Å². The van der Waals surface area contributed by atoms with Crippen molar-refractivity contribution in [3.05, 3.63) is 35.6 Å². The molecule has 0 saturated carbocycles. The number of hydrogen-bond donors (Lipinski definition) is 0. The van der Waals surface area contributed by atoms with Crippen LogP contribution in [0, 0.1) is 0 Å². The lowest BCUT2D eigenvalue weighted by Gasteiger charge is -2.07. The zero-order chi connectivity index (χ0) is 14.8. The predicted octanol–water partition coefficient (Wildman–Crippen LogP) is 3.92. The molecule has 0 amide bonds. The van der Waals surface area contributed by atoms with Crippen LogP contribution >= 0.6 is 0 Å². The molecule has 3 nitrogen and oxygen atoms in total. The molecule has 0 aliphatic rings. The maximum atomic E-state index is 12.1. The summed E-state index contributed by atoms with van der Waals surface area (Å²) in [6.07, 6.45) is 6.41. The minimum absolute atomic E-state index is 0.0117. The van der Waals surface area contributed by atoms with E-state index < -0.39 is 0 Å². The lowest BCUT2D eigenvalue weighted by Crippen LogP contribution is -2.07. The first kappa shape index (κ1) is 17.2. The standard InChI is InChI=1S/C16H24N2O/c1-7-10-15(19)16(12(4)8-2)18-13(5)14(9-3)11-17-6/h7,9,11H,1,8,10H2,2-6H3/b14-9-,16-12?,17-11?,18-13?. The summed E-state index contributed by atoms with van der Waals surface area (Å²) >= 11 is 0. The van der Waals surface area contributed by atoms with E-state index in [0.717, 1.165) is 23.3 Å². The summed E-state index contributed by atoms with van der Waals surface area (Å²) in [7, 11) is 1.72. The highest BCUT2D eigenvalue weighted by Gasteiger charge is 2.11. The molecule has 0 aromatic heterocycles. The smallest absolute Gasteiger partial charge is 0.184 e. The summed E-state index contributed by atoms with van der Waals surface area (Å²) in [5, 5.41) is 0. The van der Waals surface area contributed by atoms with Gasteiger partial charge in [-0.05, 0) is 32.8 Å². The molecule has 0 aliphatic heterocycles. The molecule has 0 aromatic carbocycles. The molecule has 0 rings (SSSR count). The molecule has 3 heteroatoms. The zero-order valence-electron chi connectivity index (χ0n) is 12.7. The Morgan fingerprint density at radius 1 is 1.32 bits per heavy atom. The van der Waals surface area contributed by atoms with Crippen molar-refractivity contribution in [2.24, 2.45) is 9.98 Å². The van der Waals surface area contributed by atoms with Crippen LogP contribution in [0.4, 0.5) is 0 Å². The average Bonchev–Trinajstić information content (AvgIpc) is 2.41. The van der Waals surface area contributed by atoms with E-state index in [2.05, 4.69) is 16.6 Å². The van der Waals surface area contributed by atoms with Crippen LogP contribution in [0.1, 0.15) is 40.5 Å². The van der Waals surface area contributed by atoms with Gasteiger partial charge in [-0.2, -0.15) is 0 Å². The maximum absolute atomic E-state index is 12.1. The molecule has 0 heterocycles. The number of aliphatic imine (C=N–C) groups is 2. The minimum atomic E-state index is 0.0117. The molecule has 0 spiro atoms. The Hall–Kier alpha value is -1.77. The van der Waals surface area contributed by atoms with Crippen LogP contribution in [0.5, 0.6) is 0 Å². The van der Waals surface area contributed by atoms with Crippen molar-refractivity contribution < 1.29 is 4.79 Å². The summed E-state index contributed by atoms with van der Waals surface area (Å²) in [5.74, 6) is 0.0117. The molecule has 19 heavy (non-hydrogen) atoms. The van der Waals surface area contributed by atoms with Crippen molar-refractivity contribution >= 4 is 17.7 Å². The summed E-state index contributed by atoms with van der Waals surface area (Å²) in [6.45, 7) is 11.4. The summed E-state index contributed by atoms with van der Waals surface area (Å²) < 4.78 is 0. The predicted molar refractivity (Wildman–Crippen MR) is 84.1 cm³/mol. The highest BCUT2D eigenvalue weighted by Crippen LogP contribution is 2.14. The largest absolute Gasteiger partial charge is 0.296 e. The first-order valence-electron chi connectivity index (χ1n) is 6.49. The number of allylic oxidation sites excluding steroid dienone is 5. The molecule has 0 atom stereocenters. The topological polar surface area (TPSA) is 41.8 Å². The van der Waals surface area contributed by atoms with E-state index in [1.54, 1.807) is 19.3 Å². The molecule has 0 N–H and O–H groups in total. The highest BCUT2D eigenvalue weighted by atomic mass is 16.1. The van der Waals surface area contributed by atoms with E-state index in [9.17, 15) is 4.79 Å². The fraction of sp³-hybridized carbons (Fsp3) is 0.438. The highest BCUT2D eigenvalue weighted by molar-refractivity contribution is 6.16. The van der Waals surface area contributed by atoms with Gasteiger partial charge in [-0.3, -0.25) is 9.79 Å². The first-order valence-corrected chi connectivity index (χ1v) is 6.49. The van der Waals surface area contributed by atoms with Crippen LogP contribution in [-0.2, 0) is 4.79 Å². The Labute approximate surface area is 116 Å². The van der Waals surface area contributed by atoms with Gasteiger partial charge in [0.25, 0.3) is 0 Å². The van der Waals surface area contributed by atoms with Gasteiger partial charge in [0.05, 0.1) is 0 Å². The van der Waals surface area contributed by atoms with E-state index in [4.69, 9.17) is 0 Å². The minimum Gasteiger partial charge on any atom is -0.296 e. The molecule has 0 bridgehead atoms. The van der Waals surface area contributed by atoms with Gasteiger partial charge in [-0.1, -0.05) is 19.1 Å². The van der Waals surface area contributed by atoms with Crippen molar-refractivity contribution in [2.75, 3.05) is 7.05 Å². The quantitative estimate of drug-likeness (QED) is 0.388. The van der Waals surface area contributed by atoms with E-state index >= 15 is 0 Å². The lowest BCUT2D eigenvalue weighted by atomic mass is 10.1. The van der Waals surface area contributed by atoms with E-state index in [1.165, 1.54) is 0 Å². The Morgan fingerprint density at radius 3 is 2.37 bits per heavy atom. The zero-order valence-corrected chi connectivity index (χ0v) is 12.7. The number of hydrogen-bond acceptors (Lipinski definition) is 3. The molecule has 104 valence electrons. The molecule has 0 fully saturated rings. The van der Waals surface area contributed by atoms with Crippen molar-refractivity contribution in [1.29, 1.82) is 0 Å². The van der Waals surface area contributed by atoms with Crippen molar-refractivity contribution in [3.8, 4) is 0 Å². The fourth-order valence-electron chi connectivity index (χ4n) is 1.54. The number of rotatable bonds is 7. The normalized spacial score (nSPS) is 14.6. The fourth-order valence-corrected chi connectivity index (χ4v) is 1.54. The molecular formula is C16H24N2O. The van der Waals surface area contributed by atoms with Crippen LogP contribution in [0.15, 0.2) is 45.6 Å². The Balaban J connectivity index is 5.56. The van der Waals surface area contributed by atoms with Crippen LogP contribution in [-0.4, -0.2) is 24.8 Å². The SMILES string of the molecule is C=CCC(=O)C(N=C(C)/C(C=NC)=C\C)=C(C)CC. The van der Waals surface area contributed by atoms with Gasteiger partial charge in [-0.25, -0.2) is 4.99 Å². The maximum Gasteiger partial charge on any atom is 0.184 e. The summed E-state index contributed by atoms with van der Waals surface area (Å²) in [5.41, 5.74) is 3.27. The lowest BCUT2D eigenvalue weighted by molar-refractivity contribution is -0.114. The Kier molecular flexibility index (Phi) is 8.34. The van der Waals surface area contributed by atoms with Gasteiger partial charge >= 0.3 is 0 Å². The van der Waals surface area contributed by atoms with Crippen molar-refractivity contribution in [2.45, 2.75) is 40.5 Å². The van der Waals surface area contributed by atoms with Gasteiger partial charge in [0.15, 0.2) is 5.78 Å². The molecule has 0 saturated heterocycles. The number of Topliss-reactive ketones (excluding diaryl/α,β-unsaturated/α-hetero) is 1. The molecule has 0 radical (unpaired) electrons.